The van der Waals surface area contributed by atoms with Gasteiger partial charge in [-0.25, -0.2) is 0 Å². The molecule has 0 spiro atoms. The van der Waals surface area contributed by atoms with Gasteiger partial charge in [0.15, 0.2) is 5.78 Å². The lowest BCUT2D eigenvalue weighted by atomic mass is 9.98. The Morgan fingerprint density at radius 1 is 0.964 bits per heavy atom. The van der Waals surface area contributed by atoms with E-state index in [-0.39, 0.29) is 11.7 Å². The van der Waals surface area contributed by atoms with Gasteiger partial charge in [-0.2, -0.15) is 0 Å². The molecule has 1 saturated heterocycles. The van der Waals surface area contributed by atoms with Crippen molar-refractivity contribution in [1.29, 1.82) is 0 Å². The summed E-state index contributed by atoms with van der Waals surface area (Å²) in [6.45, 7) is 5.21. The van der Waals surface area contributed by atoms with Gasteiger partial charge in [0.1, 0.15) is 0 Å². The number of ether oxygens (including phenoxy) is 1. The molecule has 1 aliphatic rings. The Bertz CT molecular complexity index is 802. The van der Waals surface area contributed by atoms with Crippen molar-refractivity contribution < 1.29 is 14.3 Å². The van der Waals surface area contributed by atoms with Gasteiger partial charge < -0.3 is 10.1 Å². The van der Waals surface area contributed by atoms with E-state index < -0.39 is 0 Å². The third-order valence-electron chi connectivity index (χ3n) is 4.81. The van der Waals surface area contributed by atoms with Crippen molar-refractivity contribution in [3.05, 3.63) is 69.7 Å². The van der Waals surface area contributed by atoms with Crippen molar-refractivity contribution in [3.8, 4) is 0 Å². The molecule has 5 nitrogen and oxygen atoms in total. The third kappa shape index (κ3) is 5.74. The van der Waals surface area contributed by atoms with Gasteiger partial charge in [-0.15, -0.1) is 0 Å². The SMILES string of the molecule is O=C(NCCCCN1CCOCC1)c1ccccc1C(=O)c1ccc(Br)cc1. The Balaban J connectivity index is 1.53. The lowest BCUT2D eigenvalue weighted by Gasteiger charge is -2.26. The standard InChI is InChI=1S/C22H25BrN2O3/c23-18-9-7-17(8-10-18)21(26)19-5-1-2-6-20(19)22(27)24-11-3-4-12-25-13-15-28-16-14-25/h1-2,5-10H,3-4,11-16H2,(H,24,27). The van der Waals surface area contributed by atoms with Crippen LogP contribution < -0.4 is 5.32 Å². The van der Waals surface area contributed by atoms with Crippen molar-refractivity contribution in [2.75, 3.05) is 39.4 Å². The lowest BCUT2D eigenvalue weighted by molar-refractivity contribution is 0.0372. The summed E-state index contributed by atoms with van der Waals surface area (Å²) < 4.78 is 6.26. The first kappa shape index (κ1) is 20.7. The van der Waals surface area contributed by atoms with Crippen LogP contribution in [-0.2, 0) is 4.74 Å². The van der Waals surface area contributed by atoms with E-state index in [0.717, 1.165) is 50.2 Å². The first-order valence-electron chi connectivity index (χ1n) is 9.63. The molecule has 1 amide bonds. The highest BCUT2D eigenvalue weighted by molar-refractivity contribution is 9.10. The molecular formula is C22H25BrN2O3. The summed E-state index contributed by atoms with van der Waals surface area (Å²) in [4.78, 5) is 27.8. The summed E-state index contributed by atoms with van der Waals surface area (Å²) in [7, 11) is 0. The fourth-order valence-electron chi connectivity index (χ4n) is 3.22. The van der Waals surface area contributed by atoms with Gasteiger partial charge in [0.2, 0.25) is 0 Å². The Labute approximate surface area is 174 Å². The monoisotopic (exact) mass is 444 g/mol. The fraction of sp³-hybridized carbons (Fsp3) is 0.364. The van der Waals surface area contributed by atoms with Crippen molar-refractivity contribution in [1.82, 2.24) is 10.2 Å². The average Bonchev–Trinajstić information content (AvgIpc) is 2.74. The largest absolute Gasteiger partial charge is 0.379 e. The van der Waals surface area contributed by atoms with Crippen LogP contribution in [0.3, 0.4) is 0 Å². The Morgan fingerprint density at radius 3 is 2.36 bits per heavy atom. The summed E-state index contributed by atoms with van der Waals surface area (Å²) in [5.41, 5.74) is 1.41. The quantitative estimate of drug-likeness (QED) is 0.499. The molecule has 28 heavy (non-hydrogen) atoms. The highest BCUT2D eigenvalue weighted by atomic mass is 79.9. The van der Waals surface area contributed by atoms with Gasteiger partial charge >= 0.3 is 0 Å². The lowest BCUT2D eigenvalue weighted by Crippen LogP contribution is -2.37. The van der Waals surface area contributed by atoms with Gasteiger partial charge in [-0.1, -0.05) is 34.1 Å². The molecule has 0 aromatic heterocycles. The van der Waals surface area contributed by atoms with Crippen LogP contribution in [0.2, 0.25) is 0 Å². The molecule has 0 bridgehead atoms. The molecule has 0 unspecified atom stereocenters. The predicted octanol–water partition coefficient (Wildman–Crippen LogP) is 3.52. The summed E-state index contributed by atoms with van der Waals surface area (Å²) in [5.74, 6) is -0.349. The molecule has 0 radical (unpaired) electrons. The summed E-state index contributed by atoms with van der Waals surface area (Å²) in [6.07, 6.45) is 1.94. The topological polar surface area (TPSA) is 58.6 Å². The molecule has 0 saturated carbocycles. The maximum atomic E-state index is 12.8. The number of benzene rings is 2. The average molecular weight is 445 g/mol. The van der Waals surface area contributed by atoms with Crippen molar-refractivity contribution in [2.24, 2.45) is 0 Å². The zero-order chi connectivity index (χ0) is 19.8. The first-order chi connectivity index (χ1) is 13.6. The van der Waals surface area contributed by atoms with Crippen LogP contribution in [0.1, 0.15) is 39.1 Å². The van der Waals surface area contributed by atoms with Gasteiger partial charge in [-0.05, 0) is 49.7 Å². The number of ketones is 1. The van der Waals surface area contributed by atoms with E-state index in [1.54, 1.807) is 36.4 Å². The molecule has 1 N–H and O–H groups in total. The van der Waals surface area contributed by atoms with Crippen molar-refractivity contribution >= 4 is 27.6 Å². The van der Waals surface area contributed by atoms with E-state index in [1.807, 2.05) is 12.1 Å². The molecule has 2 aromatic carbocycles. The predicted molar refractivity (Wildman–Crippen MR) is 113 cm³/mol. The molecule has 1 fully saturated rings. The van der Waals surface area contributed by atoms with Crippen LogP contribution in [0, 0.1) is 0 Å². The highest BCUT2D eigenvalue weighted by Crippen LogP contribution is 2.17. The molecule has 6 heteroatoms. The summed E-state index contributed by atoms with van der Waals surface area (Å²) >= 11 is 3.37. The Kier molecular flexibility index (Phi) is 7.77. The molecule has 3 rings (SSSR count). The van der Waals surface area contributed by atoms with Crippen molar-refractivity contribution in [2.45, 2.75) is 12.8 Å². The number of hydrogen-bond acceptors (Lipinski definition) is 4. The summed E-state index contributed by atoms with van der Waals surface area (Å²) in [5, 5.41) is 2.95. The van der Waals surface area contributed by atoms with Crippen LogP contribution >= 0.6 is 15.9 Å². The molecule has 1 heterocycles. The molecule has 0 atom stereocenters. The number of halogens is 1. The van der Waals surface area contributed by atoms with Gasteiger partial charge in [0, 0.05) is 35.2 Å². The van der Waals surface area contributed by atoms with Gasteiger partial charge in [0.25, 0.3) is 5.91 Å². The number of morpholine rings is 1. The van der Waals surface area contributed by atoms with E-state index in [4.69, 9.17) is 4.74 Å². The second kappa shape index (κ2) is 10.5. The van der Waals surface area contributed by atoms with Crippen LogP contribution in [0.5, 0.6) is 0 Å². The number of amides is 1. The van der Waals surface area contributed by atoms with Crippen LogP contribution in [0.4, 0.5) is 0 Å². The van der Waals surface area contributed by atoms with E-state index in [2.05, 4.69) is 26.1 Å². The number of unbranched alkanes of at least 4 members (excludes halogenated alkanes) is 1. The Morgan fingerprint density at radius 2 is 1.64 bits per heavy atom. The maximum absolute atomic E-state index is 12.8. The van der Waals surface area contributed by atoms with Gasteiger partial charge in [0.05, 0.1) is 18.8 Å². The Hall–Kier alpha value is -2.02. The second-order valence-electron chi connectivity index (χ2n) is 6.80. The number of hydrogen-bond donors (Lipinski definition) is 1. The van der Waals surface area contributed by atoms with Gasteiger partial charge in [-0.3, -0.25) is 14.5 Å². The fourth-order valence-corrected chi connectivity index (χ4v) is 3.48. The van der Waals surface area contributed by atoms with E-state index in [1.165, 1.54) is 0 Å². The maximum Gasteiger partial charge on any atom is 0.252 e. The first-order valence-corrected chi connectivity index (χ1v) is 10.4. The zero-order valence-corrected chi connectivity index (χ0v) is 17.4. The molecular weight excluding hydrogens is 420 g/mol. The molecule has 0 aliphatic carbocycles. The minimum atomic E-state index is -0.201. The van der Waals surface area contributed by atoms with E-state index in [9.17, 15) is 9.59 Å². The molecule has 1 aliphatic heterocycles. The zero-order valence-electron chi connectivity index (χ0n) is 15.8. The van der Waals surface area contributed by atoms with E-state index >= 15 is 0 Å². The number of carbonyl (C=O) groups excluding carboxylic acids is 2. The van der Waals surface area contributed by atoms with E-state index in [0.29, 0.717) is 23.2 Å². The number of rotatable bonds is 8. The third-order valence-corrected chi connectivity index (χ3v) is 5.34. The van der Waals surface area contributed by atoms with Crippen molar-refractivity contribution in [3.63, 3.8) is 0 Å². The normalized spacial score (nSPS) is 14.6. The minimum Gasteiger partial charge on any atom is -0.379 e. The van der Waals surface area contributed by atoms with Crippen LogP contribution in [-0.4, -0.2) is 56.0 Å². The smallest absolute Gasteiger partial charge is 0.252 e. The second-order valence-corrected chi connectivity index (χ2v) is 7.71. The van der Waals surface area contributed by atoms with Crippen LogP contribution in [0.15, 0.2) is 53.0 Å². The number of nitrogens with zero attached hydrogens (tertiary/aromatic N) is 1. The molecule has 148 valence electrons. The number of nitrogens with one attached hydrogen (secondary N) is 1. The number of carbonyl (C=O) groups is 2. The molecule has 2 aromatic rings. The minimum absolute atomic E-state index is 0.148. The van der Waals surface area contributed by atoms with Crippen LogP contribution in [0.25, 0.3) is 0 Å². The summed E-state index contributed by atoms with van der Waals surface area (Å²) in [6, 6.07) is 14.1. The highest BCUT2D eigenvalue weighted by Gasteiger charge is 2.17.